The van der Waals surface area contributed by atoms with Gasteiger partial charge in [0.2, 0.25) is 0 Å². The molecule has 0 aromatic carbocycles. The molecule has 0 amide bonds. The largest absolute Gasteiger partial charge is 0.478 e. The highest BCUT2D eigenvalue weighted by Crippen LogP contribution is 2.28. The van der Waals surface area contributed by atoms with Gasteiger partial charge in [-0.15, -0.1) is 0 Å². The fourth-order valence-corrected chi connectivity index (χ4v) is 1.05. The number of carbonyl (C=O) groups is 1. The first-order valence-electron chi connectivity index (χ1n) is 4.36. The Hall–Kier alpha value is -1.89. The molecule has 0 saturated carbocycles. The van der Waals surface area contributed by atoms with E-state index in [4.69, 9.17) is 5.11 Å². The van der Waals surface area contributed by atoms with Crippen LogP contribution in [0.4, 0.5) is 13.2 Å². The summed E-state index contributed by atoms with van der Waals surface area (Å²) in [5.41, 5.74) is -1.72. The molecule has 17 heavy (non-hydrogen) atoms. The van der Waals surface area contributed by atoms with Gasteiger partial charge in [0.05, 0.1) is 5.57 Å². The average molecular weight is 247 g/mol. The molecule has 1 aromatic heterocycles. The molecular weight excluding hydrogens is 239 g/mol. The highest BCUT2D eigenvalue weighted by Gasteiger charge is 2.32. The summed E-state index contributed by atoms with van der Waals surface area (Å²) in [7, 11) is 0. The van der Waals surface area contributed by atoms with E-state index in [1.54, 1.807) is 0 Å². The second-order valence-electron chi connectivity index (χ2n) is 3.21. The van der Waals surface area contributed by atoms with Crippen molar-refractivity contribution in [2.45, 2.75) is 12.3 Å². The summed E-state index contributed by atoms with van der Waals surface area (Å²) in [4.78, 5) is 13.6. The number of carboxylic acid groups (broad SMARTS) is 1. The molecule has 7 heteroatoms. The minimum Gasteiger partial charge on any atom is -0.478 e. The number of carboxylic acids is 1. The van der Waals surface area contributed by atoms with Gasteiger partial charge in [0.1, 0.15) is 11.8 Å². The Balaban J connectivity index is 2.96. The van der Waals surface area contributed by atoms with E-state index in [0.717, 1.165) is 12.3 Å². The van der Waals surface area contributed by atoms with Gasteiger partial charge in [0, 0.05) is 11.8 Å². The van der Waals surface area contributed by atoms with Crippen LogP contribution in [0.2, 0.25) is 0 Å². The molecule has 2 N–H and O–H groups in total. The molecule has 1 aromatic rings. The van der Waals surface area contributed by atoms with Gasteiger partial charge in [-0.3, -0.25) is 4.98 Å². The molecule has 0 aliphatic heterocycles. The number of rotatable bonds is 3. The number of aliphatic hydroxyl groups excluding tert-OH is 1. The topological polar surface area (TPSA) is 70.4 Å². The molecule has 92 valence electrons. The minimum atomic E-state index is -4.58. The number of aliphatic hydroxyl groups is 1. The van der Waals surface area contributed by atoms with Crippen molar-refractivity contribution in [2.75, 3.05) is 0 Å². The van der Waals surface area contributed by atoms with E-state index in [1.165, 1.54) is 0 Å². The monoisotopic (exact) mass is 247 g/mol. The van der Waals surface area contributed by atoms with Crippen molar-refractivity contribution in [3.8, 4) is 0 Å². The Kier molecular flexibility index (Phi) is 3.52. The van der Waals surface area contributed by atoms with E-state index in [0.29, 0.717) is 6.07 Å². The number of aliphatic carboxylic acids is 1. The van der Waals surface area contributed by atoms with Gasteiger partial charge in [0.25, 0.3) is 0 Å². The third-order valence-electron chi connectivity index (χ3n) is 2.00. The first-order chi connectivity index (χ1) is 7.73. The zero-order valence-electron chi connectivity index (χ0n) is 8.40. The van der Waals surface area contributed by atoms with Crippen LogP contribution in [0, 0.1) is 0 Å². The highest BCUT2D eigenvalue weighted by molar-refractivity contribution is 5.87. The lowest BCUT2D eigenvalue weighted by Crippen LogP contribution is -2.12. The van der Waals surface area contributed by atoms with Crippen LogP contribution in [-0.4, -0.2) is 21.2 Å². The first-order valence-corrected chi connectivity index (χ1v) is 4.36. The lowest BCUT2D eigenvalue weighted by atomic mass is 10.0. The standard InChI is InChI=1S/C10H8F3NO3/c1-5(9(16)17)8(15)6-2-3-7(14-4-6)10(11,12)13/h2-4,8,15H,1H2,(H,16,17). The molecule has 0 fully saturated rings. The van der Waals surface area contributed by atoms with E-state index in [-0.39, 0.29) is 5.56 Å². The van der Waals surface area contributed by atoms with Crippen molar-refractivity contribution in [3.05, 3.63) is 41.7 Å². The molecule has 0 aliphatic rings. The number of halogens is 3. The summed E-state index contributed by atoms with van der Waals surface area (Å²) >= 11 is 0. The van der Waals surface area contributed by atoms with Crippen LogP contribution >= 0.6 is 0 Å². The van der Waals surface area contributed by atoms with Gasteiger partial charge >= 0.3 is 12.1 Å². The van der Waals surface area contributed by atoms with E-state index < -0.39 is 29.5 Å². The lowest BCUT2D eigenvalue weighted by Gasteiger charge is -2.11. The number of hydrogen-bond donors (Lipinski definition) is 2. The Labute approximate surface area is 94.0 Å². The maximum Gasteiger partial charge on any atom is 0.433 e. The number of pyridine rings is 1. The summed E-state index contributed by atoms with van der Waals surface area (Å²) in [6, 6.07) is 1.61. The predicted molar refractivity (Wildman–Crippen MR) is 51.0 cm³/mol. The zero-order valence-corrected chi connectivity index (χ0v) is 8.40. The maximum absolute atomic E-state index is 12.2. The van der Waals surface area contributed by atoms with Crippen LogP contribution < -0.4 is 0 Å². The average Bonchev–Trinajstić information content (AvgIpc) is 2.26. The number of alkyl halides is 3. The van der Waals surface area contributed by atoms with Crippen LogP contribution in [0.5, 0.6) is 0 Å². The molecule has 0 saturated heterocycles. The fourth-order valence-electron chi connectivity index (χ4n) is 1.05. The normalized spacial score (nSPS) is 13.2. The van der Waals surface area contributed by atoms with E-state index >= 15 is 0 Å². The van der Waals surface area contributed by atoms with E-state index in [2.05, 4.69) is 11.6 Å². The van der Waals surface area contributed by atoms with Gasteiger partial charge in [0.15, 0.2) is 0 Å². The molecule has 0 radical (unpaired) electrons. The van der Waals surface area contributed by atoms with Gasteiger partial charge < -0.3 is 10.2 Å². The third-order valence-corrected chi connectivity index (χ3v) is 2.00. The van der Waals surface area contributed by atoms with Crippen LogP contribution in [-0.2, 0) is 11.0 Å². The Morgan fingerprint density at radius 3 is 2.35 bits per heavy atom. The van der Waals surface area contributed by atoms with Crippen molar-refractivity contribution in [1.82, 2.24) is 4.98 Å². The molecule has 1 heterocycles. The van der Waals surface area contributed by atoms with Gasteiger partial charge in [-0.05, 0) is 6.07 Å². The summed E-state index contributed by atoms with van der Waals surface area (Å²) in [5, 5.41) is 18.0. The van der Waals surface area contributed by atoms with Crippen LogP contribution in [0.15, 0.2) is 30.5 Å². The Morgan fingerprint density at radius 1 is 1.41 bits per heavy atom. The summed E-state index contributed by atoms with van der Waals surface area (Å²) in [5.74, 6) is -1.43. The molecule has 0 aliphatic carbocycles. The molecule has 1 rings (SSSR count). The van der Waals surface area contributed by atoms with Gasteiger partial charge in [-0.1, -0.05) is 12.6 Å². The number of hydrogen-bond acceptors (Lipinski definition) is 3. The highest BCUT2D eigenvalue weighted by atomic mass is 19.4. The lowest BCUT2D eigenvalue weighted by molar-refractivity contribution is -0.141. The van der Waals surface area contributed by atoms with Gasteiger partial charge in [-0.25, -0.2) is 4.79 Å². The molecule has 4 nitrogen and oxygen atoms in total. The Bertz CT molecular complexity index is 439. The van der Waals surface area contributed by atoms with E-state index in [9.17, 15) is 23.1 Å². The second-order valence-corrected chi connectivity index (χ2v) is 3.21. The molecular formula is C10H8F3NO3. The summed E-state index contributed by atoms with van der Waals surface area (Å²) in [6.07, 6.45) is -5.39. The molecule has 1 atom stereocenters. The minimum absolute atomic E-state index is 0.0644. The Morgan fingerprint density at radius 2 is 2.00 bits per heavy atom. The summed E-state index contributed by atoms with van der Waals surface area (Å²) in [6.45, 7) is 3.10. The number of nitrogens with zero attached hydrogens (tertiary/aromatic N) is 1. The van der Waals surface area contributed by atoms with Crippen molar-refractivity contribution in [3.63, 3.8) is 0 Å². The maximum atomic E-state index is 12.2. The predicted octanol–water partition coefficient (Wildman–Crippen LogP) is 1.77. The summed E-state index contributed by atoms with van der Waals surface area (Å²) < 4.78 is 36.5. The van der Waals surface area contributed by atoms with Crippen LogP contribution in [0.1, 0.15) is 17.4 Å². The number of aromatic nitrogens is 1. The second kappa shape index (κ2) is 4.54. The van der Waals surface area contributed by atoms with Crippen molar-refractivity contribution in [2.24, 2.45) is 0 Å². The SMILES string of the molecule is C=C(C(=O)O)C(O)c1ccc(C(F)(F)F)nc1. The third kappa shape index (κ3) is 3.04. The molecule has 0 bridgehead atoms. The molecule has 0 spiro atoms. The smallest absolute Gasteiger partial charge is 0.433 e. The van der Waals surface area contributed by atoms with Crippen molar-refractivity contribution < 1.29 is 28.2 Å². The quantitative estimate of drug-likeness (QED) is 0.798. The first kappa shape index (κ1) is 13.2. The van der Waals surface area contributed by atoms with Gasteiger partial charge in [-0.2, -0.15) is 13.2 Å². The molecule has 1 unspecified atom stereocenters. The fraction of sp³-hybridized carbons (Fsp3) is 0.200. The van der Waals surface area contributed by atoms with Crippen molar-refractivity contribution >= 4 is 5.97 Å². The van der Waals surface area contributed by atoms with Crippen LogP contribution in [0.25, 0.3) is 0 Å². The zero-order chi connectivity index (χ0) is 13.2. The van der Waals surface area contributed by atoms with Crippen molar-refractivity contribution in [1.29, 1.82) is 0 Å². The van der Waals surface area contributed by atoms with Crippen LogP contribution in [0.3, 0.4) is 0 Å². The van der Waals surface area contributed by atoms with E-state index in [1.807, 2.05) is 0 Å².